The molecule has 0 aromatic heterocycles. The van der Waals surface area contributed by atoms with Gasteiger partial charge in [-0.1, -0.05) is 60.7 Å². The molecule has 8 heteroatoms. The molecule has 0 bridgehead atoms. The van der Waals surface area contributed by atoms with Crippen LogP contribution in [0.25, 0.3) is 0 Å². The van der Waals surface area contributed by atoms with Gasteiger partial charge in [-0.15, -0.1) is 0 Å². The van der Waals surface area contributed by atoms with E-state index in [-0.39, 0.29) is 36.5 Å². The third-order valence-corrected chi connectivity index (χ3v) is 10.5. The second-order valence-corrected chi connectivity index (χ2v) is 13.4. The van der Waals surface area contributed by atoms with Crippen molar-refractivity contribution in [3.05, 3.63) is 96.1 Å². The summed E-state index contributed by atoms with van der Waals surface area (Å²) < 4.78 is 0. The van der Waals surface area contributed by atoms with Gasteiger partial charge in [-0.05, 0) is 112 Å². The average Bonchev–Trinajstić information content (AvgIpc) is 3.55. The SMILES string of the molecule is O=C1C[C@H](N2CCC(Cc3ccccc3)CC2)C(=O)N1c1ccc(N2C(=O)C[C@H](N3CCC(Cc4ccccc4)CC3)C2=O)cc1. The highest BCUT2D eigenvalue weighted by molar-refractivity contribution is 6.24. The Bertz CT molecular complexity index is 1440. The molecule has 3 aromatic carbocycles. The van der Waals surface area contributed by atoms with Crippen molar-refractivity contribution in [3.8, 4) is 0 Å². The molecule has 238 valence electrons. The first-order valence-electron chi connectivity index (χ1n) is 16.8. The van der Waals surface area contributed by atoms with E-state index < -0.39 is 12.1 Å². The van der Waals surface area contributed by atoms with E-state index in [0.29, 0.717) is 23.2 Å². The second-order valence-electron chi connectivity index (χ2n) is 13.4. The maximum atomic E-state index is 13.5. The molecular weight excluding hydrogens is 576 g/mol. The fraction of sp³-hybridized carbons (Fsp3) is 0.421. The standard InChI is InChI=1S/C38H42N4O4/c43-35-25-33(39-19-15-29(16-20-39)23-27-7-3-1-4-8-27)37(45)41(35)31-11-13-32(14-12-31)42-36(44)26-34(38(42)46)40-21-17-30(18-22-40)24-28-9-5-2-6-10-28/h1-14,29-30,33-34H,15-26H2/t33-,34-/m0/s1. The van der Waals surface area contributed by atoms with Crippen LogP contribution in [0.2, 0.25) is 0 Å². The van der Waals surface area contributed by atoms with E-state index in [4.69, 9.17) is 0 Å². The maximum Gasteiger partial charge on any atom is 0.251 e. The highest BCUT2D eigenvalue weighted by atomic mass is 16.2. The van der Waals surface area contributed by atoms with E-state index >= 15 is 0 Å². The number of nitrogens with zero attached hydrogens (tertiary/aromatic N) is 4. The molecule has 4 saturated heterocycles. The molecule has 4 fully saturated rings. The van der Waals surface area contributed by atoms with Gasteiger partial charge in [0.05, 0.1) is 36.3 Å². The van der Waals surface area contributed by atoms with E-state index in [0.717, 1.165) is 64.7 Å². The van der Waals surface area contributed by atoms with Gasteiger partial charge >= 0.3 is 0 Å². The van der Waals surface area contributed by atoms with Gasteiger partial charge in [-0.3, -0.25) is 29.0 Å². The summed E-state index contributed by atoms with van der Waals surface area (Å²) in [5, 5.41) is 0. The zero-order chi connectivity index (χ0) is 31.6. The summed E-state index contributed by atoms with van der Waals surface area (Å²) >= 11 is 0. The zero-order valence-electron chi connectivity index (χ0n) is 26.3. The summed E-state index contributed by atoms with van der Waals surface area (Å²) in [6.07, 6.45) is 6.46. The van der Waals surface area contributed by atoms with E-state index in [1.54, 1.807) is 24.3 Å². The highest BCUT2D eigenvalue weighted by Gasteiger charge is 2.45. The van der Waals surface area contributed by atoms with E-state index in [9.17, 15) is 19.2 Å². The third kappa shape index (κ3) is 6.29. The molecule has 46 heavy (non-hydrogen) atoms. The first-order chi connectivity index (χ1) is 22.4. The van der Waals surface area contributed by atoms with E-state index in [1.807, 2.05) is 12.1 Å². The Morgan fingerprint density at radius 2 is 0.826 bits per heavy atom. The Kier molecular flexibility index (Phi) is 8.82. The van der Waals surface area contributed by atoms with Gasteiger partial charge in [-0.25, -0.2) is 9.80 Å². The van der Waals surface area contributed by atoms with Gasteiger partial charge in [0.15, 0.2) is 0 Å². The van der Waals surface area contributed by atoms with E-state index in [2.05, 4.69) is 58.3 Å². The lowest BCUT2D eigenvalue weighted by Gasteiger charge is -2.35. The smallest absolute Gasteiger partial charge is 0.251 e. The van der Waals surface area contributed by atoms with Crippen molar-refractivity contribution in [1.29, 1.82) is 0 Å². The number of likely N-dealkylation sites (tertiary alicyclic amines) is 2. The van der Waals surface area contributed by atoms with Crippen molar-refractivity contribution >= 4 is 35.0 Å². The van der Waals surface area contributed by atoms with Gasteiger partial charge in [0, 0.05) is 0 Å². The Labute approximate surface area is 271 Å². The van der Waals surface area contributed by atoms with Crippen LogP contribution in [0.4, 0.5) is 11.4 Å². The molecule has 2 atom stereocenters. The van der Waals surface area contributed by atoms with Gasteiger partial charge in [-0.2, -0.15) is 0 Å². The second kappa shape index (κ2) is 13.3. The van der Waals surface area contributed by atoms with Crippen LogP contribution >= 0.6 is 0 Å². The molecule has 4 amide bonds. The number of rotatable bonds is 8. The van der Waals surface area contributed by atoms with Crippen LogP contribution in [0.1, 0.15) is 49.7 Å². The number of anilines is 2. The topological polar surface area (TPSA) is 81.2 Å². The summed E-state index contributed by atoms with van der Waals surface area (Å²) in [4.78, 5) is 60.1. The molecule has 8 nitrogen and oxygen atoms in total. The van der Waals surface area contributed by atoms with Crippen LogP contribution in [-0.2, 0) is 32.0 Å². The lowest BCUT2D eigenvalue weighted by Crippen LogP contribution is -2.46. The molecular formula is C38H42N4O4. The molecule has 4 aliphatic rings. The molecule has 0 unspecified atom stereocenters. The van der Waals surface area contributed by atoms with Crippen LogP contribution in [0.5, 0.6) is 0 Å². The number of hydrogen-bond donors (Lipinski definition) is 0. The fourth-order valence-corrected chi connectivity index (χ4v) is 7.93. The van der Waals surface area contributed by atoms with Crippen LogP contribution in [0.3, 0.4) is 0 Å². The quantitative estimate of drug-likeness (QED) is 0.336. The number of piperidine rings is 2. The average molecular weight is 619 g/mol. The number of imide groups is 2. The van der Waals surface area contributed by atoms with Crippen molar-refractivity contribution in [2.24, 2.45) is 11.8 Å². The summed E-state index contributed by atoms with van der Waals surface area (Å²) in [5.41, 5.74) is 3.65. The number of benzene rings is 3. The number of amides is 4. The third-order valence-electron chi connectivity index (χ3n) is 10.5. The predicted molar refractivity (Wildman–Crippen MR) is 177 cm³/mol. The minimum Gasteiger partial charge on any atom is -0.292 e. The minimum absolute atomic E-state index is 0.177. The van der Waals surface area contributed by atoms with Crippen molar-refractivity contribution < 1.29 is 19.2 Å². The normalized spacial score (nSPS) is 24.0. The Morgan fingerprint density at radius 3 is 1.17 bits per heavy atom. The summed E-state index contributed by atoms with van der Waals surface area (Å²) in [6.45, 7) is 3.22. The minimum atomic E-state index is -0.441. The molecule has 4 heterocycles. The lowest BCUT2D eigenvalue weighted by atomic mass is 9.89. The molecule has 0 saturated carbocycles. The van der Waals surface area contributed by atoms with E-state index in [1.165, 1.54) is 20.9 Å². The number of hydrogen-bond acceptors (Lipinski definition) is 6. The first kappa shape index (κ1) is 30.5. The monoisotopic (exact) mass is 618 g/mol. The summed E-state index contributed by atoms with van der Waals surface area (Å²) in [7, 11) is 0. The van der Waals surface area contributed by atoms with Crippen LogP contribution in [0, 0.1) is 11.8 Å². The highest BCUT2D eigenvalue weighted by Crippen LogP contribution is 2.33. The molecule has 0 N–H and O–H groups in total. The van der Waals surface area contributed by atoms with Crippen molar-refractivity contribution in [2.75, 3.05) is 36.0 Å². The zero-order valence-corrected chi connectivity index (χ0v) is 26.3. The Balaban J connectivity index is 0.940. The van der Waals surface area contributed by atoms with Gasteiger partial charge in [0.1, 0.15) is 0 Å². The Morgan fingerprint density at radius 1 is 0.478 bits per heavy atom. The predicted octanol–water partition coefficient (Wildman–Crippen LogP) is 4.86. The van der Waals surface area contributed by atoms with Crippen molar-refractivity contribution in [1.82, 2.24) is 9.80 Å². The van der Waals surface area contributed by atoms with Crippen LogP contribution < -0.4 is 9.80 Å². The maximum absolute atomic E-state index is 13.5. The van der Waals surface area contributed by atoms with Crippen LogP contribution in [-0.4, -0.2) is 71.7 Å². The fourth-order valence-electron chi connectivity index (χ4n) is 7.93. The van der Waals surface area contributed by atoms with Gasteiger partial charge in [0.25, 0.3) is 11.8 Å². The molecule has 3 aromatic rings. The molecule has 4 aliphatic heterocycles. The van der Waals surface area contributed by atoms with Crippen molar-refractivity contribution in [3.63, 3.8) is 0 Å². The first-order valence-corrected chi connectivity index (χ1v) is 16.8. The van der Waals surface area contributed by atoms with Gasteiger partial charge < -0.3 is 0 Å². The molecule has 0 aliphatic carbocycles. The van der Waals surface area contributed by atoms with Crippen LogP contribution in [0.15, 0.2) is 84.9 Å². The molecule has 7 rings (SSSR count). The summed E-state index contributed by atoms with van der Waals surface area (Å²) in [6, 6.07) is 26.9. The Hall–Kier alpha value is -4.14. The molecule has 0 spiro atoms. The number of carbonyl (C=O) groups excluding carboxylic acids is 4. The number of carbonyl (C=O) groups is 4. The van der Waals surface area contributed by atoms with Gasteiger partial charge in [0.2, 0.25) is 11.8 Å². The largest absolute Gasteiger partial charge is 0.292 e. The summed E-state index contributed by atoms with van der Waals surface area (Å²) in [5.74, 6) is 0.358. The molecule has 0 radical (unpaired) electrons. The lowest BCUT2D eigenvalue weighted by molar-refractivity contribution is -0.124. The van der Waals surface area contributed by atoms with Crippen molar-refractivity contribution in [2.45, 2.75) is 63.5 Å².